The maximum atomic E-state index is 4.50. The number of hydrogen-bond acceptors (Lipinski definition) is 1. The predicted molar refractivity (Wildman–Crippen MR) is 64.5 cm³/mol. The fourth-order valence-electron chi connectivity index (χ4n) is 1.48. The van der Waals surface area contributed by atoms with Crippen LogP contribution in [0.2, 0.25) is 0 Å². The van der Waals surface area contributed by atoms with E-state index in [1.165, 1.54) is 27.8 Å². The Morgan fingerprint density at radius 3 is 1.15 bits per heavy atom. The molecule has 1 aromatic rings. The molecule has 13 heavy (non-hydrogen) atoms. The zero-order valence-electron chi connectivity index (χ0n) is 8.45. The van der Waals surface area contributed by atoms with Gasteiger partial charge in [-0.2, -0.15) is 0 Å². The van der Waals surface area contributed by atoms with Gasteiger partial charge < -0.3 is 0 Å². The van der Waals surface area contributed by atoms with Gasteiger partial charge in [0.25, 0.3) is 0 Å². The van der Waals surface area contributed by atoms with Crippen LogP contribution in [0.25, 0.3) is 0 Å². The molecule has 0 unspecified atom stereocenters. The summed E-state index contributed by atoms with van der Waals surface area (Å²) in [5, 5.41) is 0. The van der Waals surface area contributed by atoms with Gasteiger partial charge in [-0.15, -0.1) is 12.6 Å². The first-order valence-corrected chi connectivity index (χ1v) is 4.67. The van der Waals surface area contributed by atoms with Crippen LogP contribution in [-0.2, 0) is 0 Å². The molecule has 0 N–H and O–H groups in total. The molecular formula is C11H17NaS. The topological polar surface area (TPSA) is 0 Å². The first kappa shape index (κ1) is 13.6. The SMILES string of the molecule is Cc1c(C)c(C)c(S)c(C)c1C.[NaH]. The second kappa shape index (κ2) is 4.88. The Labute approximate surface area is 109 Å². The van der Waals surface area contributed by atoms with Crippen molar-refractivity contribution in [3.63, 3.8) is 0 Å². The quantitative estimate of drug-likeness (QED) is 0.487. The molecule has 0 aliphatic heterocycles. The van der Waals surface area contributed by atoms with Crippen molar-refractivity contribution in [3.8, 4) is 0 Å². The van der Waals surface area contributed by atoms with Gasteiger partial charge in [-0.1, -0.05) is 0 Å². The first-order chi connectivity index (χ1) is 5.46. The summed E-state index contributed by atoms with van der Waals surface area (Å²) in [6.07, 6.45) is 0. The van der Waals surface area contributed by atoms with Crippen molar-refractivity contribution in [2.75, 3.05) is 0 Å². The van der Waals surface area contributed by atoms with Crippen LogP contribution in [0.4, 0.5) is 0 Å². The van der Waals surface area contributed by atoms with Crippen molar-refractivity contribution in [1.29, 1.82) is 0 Å². The summed E-state index contributed by atoms with van der Waals surface area (Å²) in [7, 11) is 0. The summed E-state index contributed by atoms with van der Waals surface area (Å²) in [4.78, 5) is 1.15. The van der Waals surface area contributed by atoms with Gasteiger partial charge >= 0.3 is 29.6 Å². The molecule has 0 amide bonds. The zero-order chi connectivity index (χ0) is 9.46. The number of rotatable bonds is 0. The van der Waals surface area contributed by atoms with E-state index in [-0.39, 0.29) is 29.6 Å². The fraction of sp³-hybridized carbons (Fsp3) is 0.455. The monoisotopic (exact) mass is 204 g/mol. The number of thiol groups is 1. The van der Waals surface area contributed by atoms with Crippen molar-refractivity contribution < 1.29 is 0 Å². The number of benzene rings is 1. The third-order valence-electron chi connectivity index (χ3n) is 2.96. The minimum atomic E-state index is 0. The van der Waals surface area contributed by atoms with Gasteiger partial charge in [-0.05, 0) is 62.4 Å². The second-order valence-corrected chi connectivity index (χ2v) is 3.92. The number of hydrogen-bond donors (Lipinski definition) is 1. The third-order valence-corrected chi connectivity index (χ3v) is 3.63. The molecule has 0 heterocycles. The van der Waals surface area contributed by atoms with Gasteiger partial charge in [0.2, 0.25) is 0 Å². The first-order valence-electron chi connectivity index (χ1n) is 4.22. The van der Waals surface area contributed by atoms with E-state index >= 15 is 0 Å². The molecule has 1 rings (SSSR count). The van der Waals surface area contributed by atoms with E-state index in [9.17, 15) is 0 Å². The van der Waals surface area contributed by atoms with E-state index < -0.39 is 0 Å². The molecule has 68 valence electrons. The molecule has 0 aromatic heterocycles. The third kappa shape index (κ3) is 2.33. The summed E-state index contributed by atoms with van der Waals surface area (Å²) in [6.45, 7) is 10.8. The summed E-state index contributed by atoms with van der Waals surface area (Å²) in [5.41, 5.74) is 6.80. The molecule has 0 atom stereocenters. The molecular weight excluding hydrogens is 187 g/mol. The predicted octanol–water partition coefficient (Wildman–Crippen LogP) is 2.87. The molecule has 0 radical (unpaired) electrons. The molecule has 0 saturated heterocycles. The van der Waals surface area contributed by atoms with E-state index in [2.05, 4.69) is 47.2 Å². The molecule has 0 fully saturated rings. The van der Waals surface area contributed by atoms with E-state index in [1.54, 1.807) is 0 Å². The zero-order valence-corrected chi connectivity index (χ0v) is 9.34. The Morgan fingerprint density at radius 1 is 0.615 bits per heavy atom. The van der Waals surface area contributed by atoms with Crippen molar-refractivity contribution in [3.05, 3.63) is 27.8 Å². The van der Waals surface area contributed by atoms with Crippen molar-refractivity contribution >= 4 is 42.2 Å². The Balaban J connectivity index is 0.00000144. The molecule has 2 heteroatoms. The van der Waals surface area contributed by atoms with E-state index in [1.807, 2.05) is 0 Å². The molecule has 0 aliphatic carbocycles. The van der Waals surface area contributed by atoms with E-state index in [0.717, 1.165) is 4.90 Å². The van der Waals surface area contributed by atoms with Crippen LogP contribution in [0, 0.1) is 34.6 Å². The van der Waals surface area contributed by atoms with Crippen molar-refractivity contribution in [2.45, 2.75) is 39.5 Å². The summed E-state index contributed by atoms with van der Waals surface area (Å²) in [6, 6.07) is 0. The van der Waals surface area contributed by atoms with Crippen LogP contribution in [0.1, 0.15) is 27.8 Å². The average molecular weight is 204 g/mol. The Hall–Kier alpha value is 0.570. The summed E-state index contributed by atoms with van der Waals surface area (Å²) < 4.78 is 0. The van der Waals surface area contributed by atoms with Gasteiger partial charge in [0.1, 0.15) is 0 Å². The maximum absolute atomic E-state index is 4.50. The van der Waals surface area contributed by atoms with Gasteiger partial charge in [0, 0.05) is 4.90 Å². The van der Waals surface area contributed by atoms with Crippen LogP contribution in [-0.4, -0.2) is 29.6 Å². The van der Waals surface area contributed by atoms with Crippen LogP contribution in [0.15, 0.2) is 4.90 Å². The van der Waals surface area contributed by atoms with Gasteiger partial charge in [-0.25, -0.2) is 0 Å². The Kier molecular flexibility index (Phi) is 5.09. The molecule has 0 bridgehead atoms. The Morgan fingerprint density at radius 2 is 0.846 bits per heavy atom. The average Bonchev–Trinajstić information content (AvgIpc) is 2.08. The van der Waals surface area contributed by atoms with Gasteiger partial charge in [0.15, 0.2) is 0 Å². The fourth-order valence-corrected chi connectivity index (χ4v) is 1.82. The minimum absolute atomic E-state index is 0. The van der Waals surface area contributed by atoms with Crippen LogP contribution in [0.5, 0.6) is 0 Å². The summed E-state index contributed by atoms with van der Waals surface area (Å²) in [5.74, 6) is 0. The molecule has 0 aliphatic rings. The van der Waals surface area contributed by atoms with Crippen molar-refractivity contribution in [1.82, 2.24) is 0 Å². The van der Waals surface area contributed by atoms with E-state index in [4.69, 9.17) is 0 Å². The molecule has 0 nitrogen and oxygen atoms in total. The normalized spacial score (nSPS) is 9.69. The van der Waals surface area contributed by atoms with Gasteiger partial charge in [0.05, 0.1) is 0 Å². The standard InChI is InChI=1S/C11H16S.Na.H/c1-6-7(2)9(4)11(12)10(5)8(6)3;;/h12H,1-5H3;;. The van der Waals surface area contributed by atoms with Crippen LogP contribution in [0.3, 0.4) is 0 Å². The van der Waals surface area contributed by atoms with Gasteiger partial charge in [-0.3, -0.25) is 0 Å². The molecule has 1 aromatic carbocycles. The van der Waals surface area contributed by atoms with Crippen LogP contribution >= 0.6 is 12.6 Å². The molecule has 0 spiro atoms. The summed E-state index contributed by atoms with van der Waals surface area (Å²) >= 11 is 4.50. The Bertz CT molecular complexity index is 224. The van der Waals surface area contributed by atoms with E-state index in [0.29, 0.717) is 0 Å². The van der Waals surface area contributed by atoms with Crippen LogP contribution < -0.4 is 0 Å². The molecule has 0 saturated carbocycles. The second-order valence-electron chi connectivity index (χ2n) is 3.47. The van der Waals surface area contributed by atoms with Crippen molar-refractivity contribution in [2.24, 2.45) is 0 Å².